The molecule has 3 aromatic rings. The number of amides is 1. The van der Waals surface area contributed by atoms with E-state index in [-0.39, 0.29) is 17.3 Å². The van der Waals surface area contributed by atoms with Crippen LogP contribution in [0.15, 0.2) is 43.0 Å². The molecule has 11 heteroatoms. The minimum Gasteiger partial charge on any atom is -0.383 e. The van der Waals surface area contributed by atoms with E-state index >= 15 is 0 Å². The Hall–Kier alpha value is -4.17. The summed E-state index contributed by atoms with van der Waals surface area (Å²) in [5.74, 6) is 0.884. The number of nitrogens with zero attached hydrogens (tertiary/aromatic N) is 6. The van der Waals surface area contributed by atoms with E-state index in [0.29, 0.717) is 35.5 Å². The first-order valence-electron chi connectivity index (χ1n) is 10.2. The van der Waals surface area contributed by atoms with Crippen LogP contribution in [0.2, 0.25) is 0 Å². The van der Waals surface area contributed by atoms with Crippen molar-refractivity contribution in [2.24, 2.45) is 5.92 Å². The van der Waals surface area contributed by atoms with Gasteiger partial charge in [0.15, 0.2) is 17.2 Å². The highest BCUT2D eigenvalue weighted by Crippen LogP contribution is 2.21. The number of nitriles is 1. The van der Waals surface area contributed by atoms with E-state index in [1.807, 2.05) is 6.07 Å². The first-order chi connectivity index (χ1) is 15.7. The van der Waals surface area contributed by atoms with Gasteiger partial charge in [0, 0.05) is 30.7 Å². The second kappa shape index (κ2) is 10.2. The van der Waals surface area contributed by atoms with E-state index in [0.717, 1.165) is 25.9 Å². The van der Waals surface area contributed by atoms with Crippen molar-refractivity contribution in [2.45, 2.75) is 12.8 Å². The molecular weight excluding hydrogens is 408 g/mol. The molecule has 1 aliphatic heterocycles. The first kappa shape index (κ1) is 21.1. The standard InChI is InChI=1S/C21H22N10O/c22-9-16-12-27-19(13-25-16)29-18-8-17(26-11-14-2-1-5-24-10-14)20(31-30-18)21(32)28-15-3-6-23-7-4-15/h3-4,6-8,12-14,24H,1-2,5,10-11H2,(H,23,28,32)(H2,26,27,29,30). The quantitative estimate of drug-likeness (QED) is 0.437. The molecule has 4 rings (SSSR count). The third-order valence-electron chi connectivity index (χ3n) is 4.95. The molecule has 1 saturated heterocycles. The Kier molecular flexibility index (Phi) is 6.74. The van der Waals surface area contributed by atoms with Crippen molar-refractivity contribution in [1.82, 2.24) is 30.5 Å². The summed E-state index contributed by atoms with van der Waals surface area (Å²) in [6.45, 7) is 2.66. The number of anilines is 4. The molecule has 4 heterocycles. The van der Waals surface area contributed by atoms with Gasteiger partial charge in [0.25, 0.3) is 5.91 Å². The van der Waals surface area contributed by atoms with Gasteiger partial charge in [-0.2, -0.15) is 5.26 Å². The third kappa shape index (κ3) is 5.50. The second-order valence-corrected chi connectivity index (χ2v) is 7.30. The van der Waals surface area contributed by atoms with Crippen LogP contribution in [0.3, 0.4) is 0 Å². The Morgan fingerprint density at radius 2 is 2.06 bits per heavy atom. The van der Waals surface area contributed by atoms with Crippen LogP contribution in [0.1, 0.15) is 29.0 Å². The zero-order chi connectivity index (χ0) is 22.2. The summed E-state index contributed by atoms with van der Waals surface area (Å²) in [6.07, 6.45) is 8.24. The molecule has 0 spiro atoms. The van der Waals surface area contributed by atoms with Gasteiger partial charge < -0.3 is 21.3 Å². The number of piperidine rings is 1. The largest absolute Gasteiger partial charge is 0.383 e. The third-order valence-corrected chi connectivity index (χ3v) is 4.95. The van der Waals surface area contributed by atoms with Crippen molar-refractivity contribution in [2.75, 3.05) is 35.6 Å². The summed E-state index contributed by atoms with van der Waals surface area (Å²) in [5, 5.41) is 29.7. The van der Waals surface area contributed by atoms with E-state index in [9.17, 15) is 4.79 Å². The van der Waals surface area contributed by atoms with Crippen LogP contribution in [-0.4, -0.2) is 50.7 Å². The highest BCUT2D eigenvalue weighted by molar-refractivity contribution is 6.06. The molecule has 1 amide bonds. The zero-order valence-corrected chi connectivity index (χ0v) is 17.2. The van der Waals surface area contributed by atoms with Gasteiger partial charge in [-0.25, -0.2) is 9.97 Å². The topological polar surface area (TPSA) is 153 Å². The van der Waals surface area contributed by atoms with Gasteiger partial charge in [-0.05, 0) is 44.0 Å². The number of carbonyl (C=O) groups excluding carboxylic acids is 1. The van der Waals surface area contributed by atoms with E-state index in [2.05, 4.69) is 46.4 Å². The summed E-state index contributed by atoms with van der Waals surface area (Å²) >= 11 is 0. The van der Waals surface area contributed by atoms with E-state index in [1.54, 1.807) is 30.6 Å². The molecule has 1 aliphatic rings. The molecule has 0 saturated carbocycles. The Balaban J connectivity index is 1.54. The van der Waals surface area contributed by atoms with Crippen LogP contribution < -0.4 is 21.3 Å². The Morgan fingerprint density at radius 3 is 2.78 bits per heavy atom. The number of aromatic nitrogens is 5. The number of hydrogen-bond acceptors (Lipinski definition) is 10. The Morgan fingerprint density at radius 1 is 1.19 bits per heavy atom. The molecule has 1 unspecified atom stereocenters. The van der Waals surface area contributed by atoms with E-state index < -0.39 is 0 Å². The maximum absolute atomic E-state index is 12.9. The molecule has 32 heavy (non-hydrogen) atoms. The van der Waals surface area contributed by atoms with Crippen LogP contribution in [0.25, 0.3) is 0 Å². The summed E-state index contributed by atoms with van der Waals surface area (Å²) in [7, 11) is 0. The smallest absolute Gasteiger partial charge is 0.278 e. The Labute approximate surface area is 184 Å². The minimum absolute atomic E-state index is 0.182. The predicted octanol–water partition coefficient (Wildman–Crippen LogP) is 1.94. The SMILES string of the molecule is N#Cc1cnc(Nc2cc(NCC3CCCNC3)c(C(=O)Nc3ccncc3)nn2)cn1. The second-order valence-electron chi connectivity index (χ2n) is 7.30. The molecule has 0 radical (unpaired) electrons. The lowest BCUT2D eigenvalue weighted by Gasteiger charge is -2.23. The Bertz CT molecular complexity index is 1090. The van der Waals surface area contributed by atoms with Gasteiger partial charge in [0.05, 0.1) is 18.1 Å². The normalized spacial score (nSPS) is 15.4. The van der Waals surface area contributed by atoms with E-state index in [4.69, 9.17) is 5.26 Å². The average molecular weight is 430 g/mol. The highest BCUT2D eigenvalue weighted by atomic mass is 16.2. The summed E-state index contributed by atoms with van der Waals surface area (Å²) in [5.41, 5.74) is 1.57. The lowest BCUT2D eigenvalue weighted by atomic mass is 9.99. The van der Waals surface area contributed by atoms with Crippen molar-refractivity contribution in [3.63, 3.8) is 0 Å². The van der Waals surface area contributed by atoms with Crippen LogP contribution in [0, 0.1) is 17.2 Å². The van der Waals surface area contributed by atoms with Crippen molar-refractivity contribution >= 4 is 28.9 Å². The van der Waals surface area contributed by atoms with Crippen LogP contribution in [0.4, 0.5) is 23.0 Å². The maximum Gasteiger partial charge on any atom is 0.278 e. The van der Waals surface area contributed by atoms with Gasteiger partial charge in [0.1, 0.15) is 11.9 Å². The van der Waals surface area contributed by atoms with Gasteiger partial charge >= 0.3 is 0 Å². The lowest BCUT2D eigenvalue weighted by Crippen LogP contribution is -2.34. The van der Waals surface area contributed by atoms with Crippen LogP contribution in [0.5, 0.6) is 0 Å². The molecule has 3 aromatic heterocycles. The van der Waals surface area contributed by atoms with E-state index in [1.165, 1.54) is 12.4 Å². The number of hydrogen-bond donors (Lipinski definition) is 4. The monoisotopic (exact) mass is 430 g/mol. The van der Waals surface area contributed by atoms with Crippen LogP contribution >= 0.6 is 0 Å². The summed E-state index contributed by atoms with van der Waals surface area (Å²) in [4.78, 5) is 24.9. The molecule has 1 atom stereocenters. The minimum atomic E-state index is -0.377. The zero-order valence-electron chi connectivity index (χ0n) is 17.2. The van der Waals surface area contributed by atoms with Crippen molar-refractivity contribution in [1.29, 1.82) is 5.26 Å². The number of pyridine rings is 1. The van der Waals surface area contributed by atoms with Gasteiger partial charge in [-0.3, -0.25) is 9.78 Å². The molecular formula is C21H22N10O. The van der Waals surface area contributed by atoms with Crippen molar-refractivity contribution < 1.29 is 4.79 Å². The molecule has 0 bridgehead atoms. The lowest BCUT2D eigenvalue weighted by molar-refractivity contribution is 0.102. The van der Waals surface area contributed by atoms with Crippen molar-refractivity contribution in [3.05, 3.63) is 54.4 Å². The van der Waals surface area contributed by atoms with Crippen molar-refractivity contribution in [3.8, 4) is 6.07 Å². The van der Waals surface area contributed by atoms with Gasteiger partial charge in [-0.15, -0.1) is 10.2 Å². The molecule has 1 fully saturated rings. The number of carbonyl (C=O) groups is 1. The molecule has 0 aromatic carbocycles. The first-order valence-corrected chi connectivity index (χ1v) is 10.2. The fraction of sp³-hybridized carbons (Fsp3) is 0.286. The maximum atomic E-state index is 12.9. The fourth-order valence-electron chi connectivity index (χ4n) is 3.31. The molecule has 162 valence electrons. The van der Waals surface area contributed by atoms with Gasteiger partial charge in [0.2, 0.25) is 0 Å². The number of nitrogens with one attached hydrogen (secondary N) is 4. The summed E-state index contributed by atoms with van der Waals surface area (Å²) in [6, 6.07) is 7.03. The predicted molar refractivity (Wildman–Crippen MR) is 118 cm³/mol. The number of rotatable bonds is 7. The van der Waals surface area contributed by atoms with Gasteiger partial charge in [-0.1, -0.05) is 0 Å². The molecule has 0 aliphatic carbocycles. The summed E-state index contributed by atoms with van der Waals surface area (Å²) < 4.78 is 0. The molecule has 11 nitrogen and oxygen atoms in total. The highest BCUT2D eigenvalue weighted by Gasteiger charge is 2.18. The fourth-order valence-corrected chi connectivity index (χ4v) is 3.31. The average Bonchev–Trinajstić information content (AvgIpc) is 2.84. The molecule has 4 N–H and O–H groups in total. The van der Waals surface area contributed by atoms with Crippen LogP contribution in [-0.2, 0) is 0 Å².